The standard InChI is InChI=1S/C19H22N2O/c1-12(2)9-18(20)19(22)21-15-7-8-17-14(11-15)10-13-5-3-4-6-16(13)17/h3-8,11-12,18H,9-10,20H2,1-2H3,(H,21,22)/t18-/m0/s1. The van der Waals surface area contributed by atoms with Gasteiger partial charge in [-0.2, -0.15) is 0 Å². The van der Waals surface area contributed by atoms with Crippen molar-refractivity contribution in [3.63, 3.8) is 0 Å². The van der Waals surface area contributed by atoms with Gasteiger partial charge in [-0.05, 0) is 53.1 Å². The lowest BCUT2D eigenvalue weighted by molar-refractivity contribution is -0.117. The Kier molecular flexibility index (Phi) is 3.99. The van der Waals surface area contributed by atoms with Crippen molar-refractivity contribution >= 4 is 11.6 Å². The van der Waals surface area contributed by atoms with Gasteiger partial charge in [0.15, 0.2) is 0 Å². The fourth-order valence-electron chi connectivity index (χ4n) is 3.07. The van der Waals surface area contributed by atoms with Crippen molar-refractivity contribution in [3.05, 3.63) is 53.6 Å². The van der Waals surface area contributed by atoms with Crippen molar-refractivity contribution < 1.29 is 4.79 Å². The molecule has 0 spiro atoms. The molecule has 1 amide bonds. The highest BCUT2D eigenvalue weighted by atomic mass is 16.2. The van der Waals surface area contributed by atoms with Gasteiger partial charge < -0.3 is 11.1 Å². The highest BCUT2D eigenvalue weighted by Gasteiger charge is 2.19. The summed E-state index contributed by atoms with van der Waals surface area (Å²) >= 11 is 0. The number of carbonyl (C=O) groups is 1. The molecule has 3 nitrogen and oxygen atoms in total. The van der Waals surface area contributed by atoms with Gasteiger partial charge in [0.25, 0.3) is 0 Å². The Morgan fingerprint density at radius 2 is 1.86 bits per heavy atom. The third-order valence-corrected chi connectivity index (χ3v) is 4.12. The predicted molar refractivity (Wildman–Crippen MR) is 90.7 cm³/mol. The molecular weight excluding hydrogens is 272 g/mol. The summed E-state index contributed by atoms with van der Waals surface area (Å²) < 4.78 is 0. The minimum Gasteiger partial charge on any atom is -0.325 e. The molecule has 3 heteroatoms. The van der Waals surface area contributed by atoms with Crippen molar-refractivity contribution in [2.45, 2.75) is 32.7 Å². The quantitative estimate of drug-likeness (QED) is 0.773. The summed E-state index contributed by atoms with van der Waals surface area (Å²) in [7, 11) is 0. The molecule has 1 atom stereocenters. The second-order valence-electron chi connectivity index (χ2n) is 6.43. The molecule has 1 aliphatic carbocycles. The Balaban J connectivity index is 1.76. The Labute approximate surface area is 131 Å². The van der Waals surface area contributed by atoms with Crippen LogP contribution in [-0.2, 0) is 11.2 Å². The van der Waals surface area contributed by atoms with Crippen molar-refractivity contribution in [1.29, 1.82) is 0 Å². The predicted octanol–water partition coefficient (Wildman–Crippen LogP) is 3.57. The molecule has 3 N–H and O–H groups in total. The van der Waals surface area contributed by atoms with Gasteiger partial charge in [-0.25, -0.2) is 0 Å². The molecule has 2 aromatic carbocycles. The third kappa shape index (κ3) is 2.90. The number of benzene rings is 2. The van der Waals surface area contributed by atoms with E-state index in [0.717, 1.165) is 12.1 Å². The lowest BCUT2D eigenvalue weighted by Crippen LogP contribution is -2.36. The molecule has 22 heavy (non-hydrogen) atoms. The third-order valence-electron chi connectivity index (χ3n) is 4.12. The topological polar surface area (TPSA) is 55.1 Å². The summed E-state index contributed by atoms with van der Waals surface area (Å²) in [4.78, 5) is 12.1. The van der Waals surface area contributed by atoms with Crippen LogP contribution in [-0.4, -0.2) is 11.9 Å². The molecule has 0 radical (unpaired) electrons. The van der Waals surface area contributed by atoms with Crippen LogP contribution in [0, 0.1) is 5.92 Å². The first-order chi connectivity index (χ1) is 10.5. The summed E-state index contributed by atoms with van der Waals surface area (Å²) in [6, 6.07) is 14.1. The number of hydrogen-bond acceptors (Lipinski definition) is 2. The maximum atomic E-state index is 12.1. The Hall–Kier alpha value is -2.13. The van der Waals surface area contributed by atoms with Gasteiger partial charge in [-0.1, -0.05) is 44.2 Å². The number of hydrogen-bond donors (Lipinski definition) is 2. The highest BCUT2D eigenvalue weighted by molar-refractivity contribution is 5.95. The number of amides is 1. The van der Waals surface area contributed by atoms with E-state index < -0.39 is 6.04 Å². The highest BCUT2D eigenvalue weighted by Crippen LogP contribution is 2.37. The minimum absolute atomic E-state index is 0.107. The van der Waals surface area contributed by atoms with Crippen LogP contribution in [0.5, 0.6) is 0 Å². The smallest absolute Gasteiger partial charge is 0.241 e. The maximum Gasteiger partial charge on any atom is 0.241 e. The van der Waals surface area contributed by atoms with Crippen molar-refractivity contribution in [3.8, 4) is 11.1 Å². The summed E-state index contributed by atoms with van der Waals surface area (Å²) in [5.41, 5.74) is 11.9. The number of rotatable bonds is 4. The molecule has 0 fully saturated rings. The summed E-state index contributed by atoms with van der Waals surface area (Å²) in [6.45, 7) is 4.14. The molecule has 2 aromatic rings. The zero-order chi connectivity index (χ0) is 15.7. The fourth-order valence-corrected chi connectivity index (χ4v) is 3.07. The molecular formula is C19H22N2O. The van der Waals surface area contributed by atoms with Crippen molar-refractivity contribution in [1.82, 2.24) is 0 Å². The van der Waals surface area contributed by atoms with Crippen molar-refractivity contribution in [2.75, 3.05) is 5.32 Å². The molecule has 0 aliphatic heterocycles. The first-order valence-corrected chi connectivity index (χ1v) is 7.82. The van der Waals surface area contributed by atoms with Gasteiger partial charge in [-0.3, -0.25) is 4.79 Å². The van der Waals surface area contributed by atoms with Crippen LogP contribution >= 0.6 is 0 Å². The molecule has 0 unspecified atom stereocenters. The van der Waals surface area contributed by atoms with E-state index in [1.165, 1.54) is 22.3 Å². The average Bonchev–Trinajstić information content (AvgIpc) is 2.84. The van der Waals surface area contributed by atoms with Crippen LogP contribution in [0.15, 0.2) is 42.5 Å². The van der Waals surface area contributed by atoms with E-state index in [2.05, 4.69) is 55.6 Å². The van der Waals surface area contributed by atoms with E-state index in [4.69, 9.17) is 5.73 Å². The minimum atomic E-state index is -0.453. The van der Waals surface area contributed by atoms with E-state index in [0.29, 0.717) is 12.3 Å². The molecule has 0 aromatic heterocycles. The second-order valence-corrected chi connectivity index (χ2v) is 6.43. The molecule has 3 rings (SSSR count). The fraction of sp³-hybridized carbons (Fsp3) is 0.316. The van der Waals surface area contributed by atoms with E-state index in [9.17, 15) is 4.79 Å². The normalized spacial score (nSPS) is 13.6. The van der Waals surface area contributed by atoms with Crippen LogP contribution in [0.25, 0.3) is 11.1 Å². The van der Waals surface area contributed by atoms with Gasteiger partial charge in [0.05, 0.1) is 6.04 Å². The largest absolute Gasteiger partial charge is 0.325 e. The number of nitrogens with one attached hydrogen (secondary N) is 1. The summed E-state index contributed by atoms with van der Waals surface area (Å²) in [6.07, 6.45) is 1.62. The Morgan fingerprint density at radius 1 is 1.14 bits per heavy atom. The lowest BCUT2D eigenvalue weighted by atomic mass is 10.0. The van der Waals surface area contributed by atoms with Crippen molar-refractivity contribution in [2.24, 2.45) is 11.7 Å². The zero-order valence-electron chi connectivity index (χ0n) is 13.1. The number of fused-ring (bicyclic) bond motifs is 3. The SMILES string of the molecule is CC(C)C[C@H](N)C(=O)Nc1ccc2c(c1)Cc1ccccc1-2. The van der Waals surface area contributed by atoms with E-state index in [1.54, 1.807) is 0 Å². The molecule has 1 aliphatic rings. The summed E-state index contributed by atoms with van der Waals surface area (Å²) in [5, 5.41) is 2.94. The molecule has 0 saturated heterocycles. The number of nitrogens with two attached hydrogens (primary N) is 1. The Morgan fingerprint density at radius 3 is 2.64 bits per heavy atom. The van der Waals surface area contributed by atoms with E-state index >= 15 is 0 Å². The maximum absolute atomic E-state index is 12.1. The zero-order valence-corrected chi connectivity index (χ0v) is 13.1. The Bertz CT molecular complexity index is 706. The number of anilines is 1. The second kappa shape index (κ2) is 5.93. The van der Waals surface area contributed by atoms with Gasteiger partial charge in [-0.15, -0.1) is 0 Å². The lowest BCUT2D eigenvalue weighted by Gasteiger charge is -2.14. The average molecular weight is 294 g/mol. The van der Waals surface area contributed by atoms with Crippen LogP contribution < -0.4 is 11.1 Å². The monoisotopic (exact) mass is 294 g/mol. The van der Waals surface area contributed by atoms with E-state index in [-0.39, 0.29) is 5.91 Å². The van der Waals surface area contributed by atoms with Gasteiger partial charge in [0, 0.05) is 5.69 Å². The van der Waals surface area contributed by atoms with E-state index in [1.807, 2.05) is 6.07 Å². The van der Waals surface area contributed by atoms with Crippen LogP contribution in [0.2, 0.25) is 0 Å². The van der Waals surface area contributed by atoms with Gasteiger partial charge in [0.1, 0.15) is 0 Å². The first-order valence-electron chi connectivity index (χ1n) is 7.82. The number of carbonyl (C=O) groups excluding carboxylic acids is 1. The molecule has 0 saturated carbocycles. The van der Waals surface area contributed by atoms with Crippen LogP contribution in [0.4, 0.5) is 5.69 Å². The molecule has 114 valence electrons. The van der Waals surface area contributed by atoms with Crippen LogP contribution in [0.3, 0.4) is 0 Å². The van der Waals surface area contributed by atoms with Gasteiger partial charge in [0.2, 0.25) is 5.91 Å². The first kappa shape index (κ1) is 14.8. The summed E-state index contributed by atoms with van der Waals surface area (Å²) in [5.74, 6) is 0.305. The molecule has 0 heterocycles. The van der Waals surface area contributed by atoms with Gasteiger partial charge >= 0.3 is 0 Å². The van der Waals surface area contributed by atoms with Crippen LogP contribution in [0.1, 0.15) is 31.4 Å². The molecule has 0 bridgehead atoms.